The molecule has 116 valence electrons. The molecule has 21 heavy (non-hydrogen) atoms. The van der Waals surface area contributed by atoms with Gasteiger partial charge in [-0.05, 0) is 31.4 Å². The minimum Gasteiger partial charge on any atom is -0.505 e. The van der Waals surface area contributed by atoms with Gasteiger partial charge in [0.05, 0.1) is 5.69 Å². The summed E-state index contributed by atoms with van der Waals surface area (Å²) in [5.41, 5.74) is -0.177. The molecule has 2 unspecified atom stereocenters. The molecule has 6 heteroatoms. The Balaban J connectivity index is 2.67. The van der Waals surface area contributed by atoms with E-state index in [0.29, 0.717) is 5.92 Å². The number of amides is 2. The molecule has 6 nitrogen and oxygen atoms in total. The summed E-state index contributed by atoms with van der Waals surface area (Å²) in [6.45, 7) is 6.10. The lowest BCUT2D eigenvalue weighted by molar-refractivity contribution is 0.0693. The highest BCUT2D eigenvalue weighted by molar-refractivity contribution is 5.97. The van der Waals surface area contributed by atoms with Crippen molar-refractivity contribution < 1.29 is 19.8 Å². The van der Waals surface area contributed by atoms with Crippen molar-refractivity contribution in [3.63, 3.8) is 0 Å². The summed E-state index contributed by atoms with van der Waals surface area (Å²) in [7, 11) is 0. The van der Waals surface area contributed by atoms with Crippen molar-refractivity contribution in [1.82, 2.24) is 5.32 Å². The molecule has 0 radical (unpaired) electrons. The van der Waals surface area contributed by atoms with Crippen molar-refractivity contribution in [3.8, 4) is 5.75 Å². The van der Waals surface area contributed by atoms with E-state index in [1.807, 2.05) is 6.92 Å². The standard InChI is InChI=1S/C15H22N2O4/c1-4-9(2)8-10(3)16-15(21)17-12-7-5-6-11(13(12)18)14(19)20/h5-7,9-10,18H,4,8H2,1-3H3,(H,19,20)(H2,16,17,21). The second-order valence-electron chi connectivity index (χ2n) is 5.26. The van der Waals surface area contributed by atoms with Crippen LogP contribution in [0.15, 0.2) is 18.2 Å². The molecule has 1 aromatic rings. The first-order valence-electron chi connectivity index (χ1n) is 6.97. The van der Waals surface area contributed by atoms with Crippen molar-refractivity contribution in [2.24, 2.45) is 5.92 Å². The number of rotatable bonds is 6. The van der Waals surface area contributed by atoms with E-state index in [2.05, 4.69) is 24.5 Å². The third kappa shape index (κ3) is 4.98. The number of carbonyl (C=O) groups excluding carboxylic acids is 1. The highest BCUT2D eigenvalue weighted by Gasteiger charge is 2.16. The normalized spacial score (nSPS) is 13.3. The van der Waals surface area contributed by atoms with E-state index in [1.165, 1.54) is 18.2 Å². The van der Waals surface area contributed by atoms with Crippen LogP contribution in [-0.2, 0) is 0 Å². The Morgan fingerprint density at radius 1 is 1.29 bits per heavy atom. The first-order chi connectivity index (χ1) is 9.85. The summed E-state index contributed by atoms with van der Waals surface area (Å²) < 4.78 is 0. The number of nitrogens with one attached hydrogen (secondary N) is 2. The van der Waals surface area contributed by atoms with Gasteiger partial charge >= 0.3 is 12.0 Å². The van der Waals surface area contributed by atoms with Crippen LogP contribution in [0, 0.1) is 5.92 Å². The molecule has 0 aromatic heterocycles. The number of aromatic carboxylic acids is 1. The number of phenols is 1. The fourth-order valence-electron chi connectivity index (χ4n) is 2.03. The number of para-hydroxylation sites is 1. The Bertz CT molecular complexity index is 516. The van der Waals surface area contributed by atoms with Gasteiger partial charge in [-0.15, -0.1) is 0 Å². The lowest BCUT2D eigenvalue weighted by Gasteiger charge is -2.18. The number of benzene rings is 1. The molecule has 1 rings (SSSR count). The van der Waals surface area contributed by atoms with E-state index in [0.717, 1.165) is 12.8 Å². The van der Waals surface area contributed by atoms with Crippen LogP contribution >= 0.6 is 0 Å². The first kappa shape index (κ1) is 16.8. The average Bonchev–Trinajstić information content (AvgIpc) is 2.40. The van der Waals surface area contributed by atoms with Gasteiger partial charge in [0.1, 0.15) is 5.56 Å². The smallest absolute Gasteiger partial charge is 0.339 e. The van der Waals surface area contributed by atoms with Crippen molar-refractivity contribution >= 4 is 17.7 Å². The summed E-state index contributed by atoms with van der Waals surface area (Å²) >= 11 is 0. The molecule has 0 aliphatic heterocycles. The van der Waals surface area contributed by atoms with E-state index < -0.39 is 17.7 Å². The number of hydrogen-bond acceptors (Lipinski definition) is 3. The predicted octanol–water partition coefficient (Wildman–Crippen LogP) is 3.04. The Kier molecular flexibility index (Phi) is 6.02. The molecule has 0 aliphatic carbocycles. The van der Waals surface area contributed by atoms with E-state index in [4.69, 9.17) is 5.11 Å². The van der Waals surface area contributed by atoms with Crippen molar-refractivity contribution in [2.45, 2.75) is 39.7 Å². The number of aromatic hydroxyl groups is 1. The lowest BCUT2D eigenvalue weighted by Crippen LogP contribution is -2.37. The summed E-state index contributed by atoms with van der Waals surface area (Å²) in [6.07, 6.45) is 1.89. The zero-order valence-corrected chi connectivity index (χ0v) is 12.5. The van der Waals surface area contributed by atoms with Gasteiger partial charge in [0.25, 0.3) is 0 Å². The quantitative estimate of drug-likeness (QED) is 0.606. The van der Waals surface area contributed by atoms with Crippen LogP contribution in [0.3, 0.4) is 0 Å². The molecule has 0 saturated carbocycles. The van der Waals surface area contributed by atoms with E-state index in [-0.39, 0.29) is 17.3 Å². The molecule has 0 fully saturated rings. The molecule has 1 aromatic carbocycles. The third-order valence-corrected chi connectivity index (χ3v) is 3.34. The van der Waals surface area contributed by atoms with Crippen molar-refractivity contribution in [1.29, 1.82) is 0 Å². The van der Waals surface area contributed by atoms with Crippen LogP contribution in [0.1, 0.15) is 44.0 Å². The Hall–Kier alpha value is -2.24. The lowest BCUT2D eigenvalue weighted by atomic mass is 10.0. The maximum atomic E-state index is 11.8. The van der Waals surface area contributed by atoms with Gasteiger partial charge in [-0.25, -0.2) is 9.59 Å². The van der Waals surface area contributed by atoms with Crippen LogP contribution in [0.5, 0.6) is 5.75 Å². The average molecular weight is 294 g/mol. The topological polar surface area (TPSA) is 98.7 Å². The molecule has 4 N–H and O–H groups in total. The van der Waals surface area contributed by atoms with Gasteiger partial charge in [0, 0.05) is 6.04 Å². The first-order valence-corrected chi connectivity index (χ1v) is 6.97. The van der Waals surface area contributed by atoms with Gasteiger partial charge in [-0.1, -0.05) is 26.3 Å². The number of carbonyl (C=O) groups is 2. The van der Waals surface area contributed by atoms with E-state index >= 15 is 0 Å². The summed E-state index contributed by atoms with van der Waals surface area (Å²) in [5, 5.41) is 23.9. The summed E-state index contributed by atoms with van der Waals surface area (Å²) in [4.78, 5) is 22.7. The largest absolute Gasteiger partial charge is 0.505 e. The number of anilines is 1. The zero-order valence-electron chi connectivity index (χ0n) is 12.5. The highest BCUT2D eigenvalue weighted by atomic mass is 16.4. The van der Waals surface area contributed by atoms with Crippen LogP contribution in [-0.4, -0.2) is 28.3 Å². The Morgan fingerprint density at radius 2 is 1.95 bits per heavy atom. The number of carboxylic acid groups (broad SMARTS) is 1. The Morgan fingerprint density at radius 3 is 2.52 bits per heavy atom. The maximum absolute atomic E-state index is 11.8. The second-order valence-corrected chi connectivity index (χ2v) is 5.26. The fourth-order valence-corrected chi connectivity index (χ4v) is 2.03. The molecule has 0 aliphatic rings. The number of hydrogen-bond donors (Lipinski definition) is 4. The molecular weight excluding hydrogens is 272 g/mol. The van der Waals surface area contributed by atoms with Gasteiger partial charge in [0.15, 0.2) is 5.75 Å². The summed E-state index contributed by atoms with van der Waals surface area (Å²) in [6, 6.07) is 3.70. The molecule has 0 spiro atoms. The molecule has 0 bridgehead atoms. The SMILES string of the molecule is CCC(C)CC(C)NC(=O)Nc1cccc(C(=O)O)c1O. The van der Waals surface area contributed by atoms with E-state index in [9.17, 15) is 14.7 Å². The highest BCUT2D eigenvalue weighted by Crippen LogP contribution is 2.27. The van der Waals surface area contributed by atoms with Crippen molar-refractivity contribution in [2.75, 3.05) is 5.32 Å². The summed E-state index contributed by atoms with van der Waals surface area (Å²) in [5.74, 6) is -1.19. The van der Waals surface area contributed by atoms with Crippen LogP contribution in [0.2, 0.25) is 0 Å². The molecular formula is C15H22N2O4. The number of urea groups is 1. The monoisotopic (exact) mass is 294 g/mol. The Labute approximate surface area is 124 Å². The van der Waals surface area contributed by atoms with Crippen LogP contribution < -0.4 is 10.6 Å². The molecule has 2 atom stereocenters. The molecule has 0 heterocycles. The third-order valence-electron chi connectivity index (χ3n) is 3.34. The van der Waals surface area contributed by atoms with Gasteiger partial charge < -0.3 is 20.8 Å². The minimum absolute atomic E-state index is 0.00949. The minimum atomic E-state index is -1.25. The van der Waals surface area contributed by atoms with Gasteiger partial charge in [-0.2, -0.15) is 0 Å². The van der Waals surface area contributed by atoms with Gasteiger partial charge in [0.2, 0.25) is 0 Å². The zero-order chi connectivity index (χ0) is 16.0. The van der Waals surface area contributed by atoms with Crippen LogP contribution in [0.4, 0.5) is 10.5 Å². The van der Waals surface area contributed by atoms with Crippen molar-refractivity contribution in [3.05, 3.63) is 23.8 Å². The fraction of sp³-hybridized carbons (Fsp3) is 0.467. The second kappa shape index (κ2) is 7.52. The molecule has 0 saturated heterocycles. The maximum Gasteiger partial charge on any atom is 0.339 e. The van der Waals surface area contributed by atoms with Crippen LogP contribution in [0.25, 0.3) is 0 Å². The number of carboxylic acids is 1. The van der Waals surface area contributed by atoms with Gasteiger partial charge in [-0.3, -0.25) is 0 Å². The molecule has 2 amide bonds. The van der Waals surface area contributed by atoms with E-state index in [1.54, 1.807) is 0 Å². The predicted molar refractivity (Wildman–Crippen MR) is 80.8 cm³/mol.